The van der Waals surface area contributed by atoms with Gasteiger partial charge in [-0.05, 0) is 25.1 Å². The molecule has 0 fully saturated rings. The van der Waals surface area contributed by atoms with E-state index in [-0.39, 0.29) is 6.61 Å². The molecule has 94 valence electrons. The monoisotopic (exact) mass is 249 g/mol. The molecule has 0 bridgehead atoms. The zero-order chi connectivity index (χ0) is 13.0. The van der Waals surface area contributed by atoms with Gasteiger partial charge >= 0.3 is 6.09 Å². The number of nitrogens with zero attached hydrogens (tertiary/aromatic N) is 2. The fraction of sp³-hybridized carbons (Fsp3) is 0.200. The van der Waals surface area contributed by atoms with Crippen LogP contribution in [-0.2, 0) is 4.74 Å². The number of hydrogen-bond acceptors (Lipinski definition) is 5. The molecule has 0 atom stereocenters. The molecule has 0 unspecified atom stereocenters. The first kappa shape index (κ1) is 11.8. The van der Waals surface area contributed by atoms with Crippen LogP contribution in [0.5, 0.6) is 0 Å². The van der Waals surface area contributed by atoms with Gasteiger partial charge in [-0.25, -0.2) is 10.2 Å². The Morgan fingerprint density at radius 2 is 2.06 bits per heavy atom. The average Bonchev–Trinajstić information content (AvgIpc) is 2.83. The molecule has 8 nitrogen and oxygen atoms in total. The molecule has 1 aromatic heterocycles. The zero-order valence-corrected chi connectivity index (χ0v) is 9.56. The minimum atomic E-state index is -0.714. The highest BCUT2D eigenvalue weighted by Crippen LogP contribution is 2.09. The Kier molecular flexibility index (Phi) is 3.37. The van der Waals surface area contributed by atoms with Crippen molar-refractivity contribution in [1.29, 1.82) is 0 Å². The van der Waals surface area contributed by atoms with Gasteiger partial charge in [0, 0.05) is 5.56 Å². The van der Waals surface area contributed by atoms with E-state index in [2.05, 4.69) is 31.0 Å². The summed E-state index contributed by atoms with van der Waals surface area (Å²) in [6, 6.07) is 4.78. The van der Waals surface area contributed by atoms with E-state index in [1.54, 1.807) is 25.1 Å². The normalized spacial score (nSPS) is 10.1. The van der Waals surface area contributed by atoms with E-state index in [0.717, 1.165) is 0 Å². The summed E-state index contributed by atoms with van der Waals surface area (Å²) < 4.78 is 4.59. The van der Waals surface area contributed by atoms with Crippen molar-refractivity contribution >= 4 is 23.0 Å². The summed E-state index contributed by atoms with van der Waals surface area (Å²) in [5, 5.41) is 10.2. The number of fused-ring (bicyclic) bond motifs is 1. The third-order valence-corrected chi connectivity index (χ3v) is 2.13. The van der Waals surface area contributed by atoms with E-state index < -0.39 is 12.0 Å². The number of carbonyl (C=O) groups excluding carboxylic acids is 2. The summed E-state index contributed by atoms with van der Waals surface area (Å²) in [7, 11) is 0. The summed E-state index contributed by atoms with van der Waals surface area (Å²) in [5.74, 6) is -0.465. The number of aromatic amines is 1. The second-order valence-corrected chi connectivity index (χ2v) is 3.33. The fourth-order valence-electron chi connectivity index (χ4n) is 1.33. The van der Waals surface area contributed by atoms with Crippen molar-refractivity contribution in [3.05, 3.63) is 23.8 Å². The Labute approximate surface area is 102 Å². The number of benzene rings is 1. The molecule has 0 spiro atoms. The number of nitrogens with one attached hydrogen (secondary N) is 3. The van der Waals surface area contributed by atoms with E-state index in [9.17, 15) is 9.59 Å². The van der Waals surface area contributed by atoms with Crippen molar-refractivity contribution in [2.45, 2.75) is 6.92 Å². The lowest BCUT2D eigenvalue weighted by Crippen LogP contribution is -2.41. The van der Waals surface area contributed by atoms with Crippen LogP contribution in [0.4, 0.5) is 4.79 Å². The van der Waals surface area contributed by atoms with Crippen molar-refractivity contribution in [3.63, 3.8) is 0 Å². The third-order valence-electron chi connectivity index (χ3n) is 2.13. The molecule has 18 heavy (non-hydrogen) atoms. The van der Waals surface area contributed by atoms with E-state index in [1.807, 2.05) is 0 Å². The molecule has 0 aliphatic heterocycles. The number of rotatable bonds is 2. The van der Waals surface area contributed by atoms with Crippen LogP contribution in [0.25, 0.3) is 11.0 Å². The van der Waals surface area contributed by atoms with Crippen molar-refractivity contribution in [2.24, 2.45) is 0 Å². The topological polar surface area (TPSA) is 109 Å². The summed E-state index contributed by atoms with van der Waals surface area (Å²) in [6.45, 7) is 1.90. The first-order chi connectivity index (χ1) is 8.70. The quantitative estimate of drug-likeness (QED) is 0.665. The Morgan fingerprint density at radius 3 is 2.83 bits per heavy atom. The van der Waals surface area contributed by atoms with Gasteiger partial charge in [-0.1, -0.05) is 0 Å². The zero-order valence-electron chi connectivity index (χ0n) is 9.56. The van der Waals surface area contributed by atoms with Crippen LogP contribution in [0.1, 0.15) is 17.3 Å². The minimum absolute atomic E-state index is 0.229. The molecule has 2 aromatic rings. The molecule has 0 aliphatic carbocycles. The number of carbonyl (C=O) groups is 2. The number of hydrogen-bond donors (Lipinski definition) is 3. The largest absolute Gasteiger partial charge is 0.449 e. The first-order valence-corrected chi connectivity index (χ1v) is 5.24. The summed E-state index contributed by atoms with van der Waals surface area (Å²) in [4.78, 5) is 22.7. The second-order valence-electron chi connectivity index (χ2n) is 3.33. The van der Waals surface area contributed by atoms with Gasteiger partial charge in [0.15, 0.2) is 0 Å². The van der Waals surface area contributed by atoms with Gasteiger partial charge in [-0.3, -0.25) is 10.2 Å². The first-order valence-electron chi connectivity index (χ1n) is 5.24. The molecule has 0 aliphatic rings. The third kappa shape index (κ3) is 2.54. The lowest BCUT2D eigenvalue weighted by molar-refractivity contribution is 0.0913. The highest BCUT2D eigenvalue weighted by molar-refractivity contribution is 5.97. The molecule has 3 N–H and O–H groups in total. The molecule has 2 rings (SSSR count). The minimum Gasteiger partial charge on any atom is -0.449 e. The summed E-state index contributed by atoms with van der Waals surface area (Å²) in [5.41, 5.74) is 5.92. The van der Waals surface area contributed by atoms with Crippen LogP contribution in [0, 0.1) is 0 Å². The second kappa shape index (κ2) is 5.13. The summed E-state index contributed by atoms with van der Waals surface area (Å²) >= 11 is 0. The van der Waals surface area contributed by atoms with Crippen LogP contribution in [0.3, 0.4) is 0 Å². The van der Waals surface area contributed by atoms with Gasteiger partial charge < -0.3 is 4.74 Å². The molecule has 0 saturated carbocycles. The molecule has 0 radical (unpaired) electrons. The van der Waals surface area contributed by atoms with Crippen molar-refractivity contribution in [1.82, 2.24) is 26.3 Å². The van der Waals surface area contributed by atoms with Gasteiger partial charge in [0.2, 0.25) is 0 Å². The predicted molar refractivity (Wildman–Crippen MR) is 61.5 cm³/mol. The maximum atomic E-state index is 11.7. The molecule has 0 saturated heterocycles. The van der Waals surface area contributed by atoms with Crippen LogP contribution >= 0.6 is 0 Å². The average molecular weight is 249 g/mol. The van der Waals surface area contributed by atoms with Gasteiger partial charge in [-0.2, -0.15) is 15.4 Å². The molecule has 8 heteroatoms. The molecule has 2 amide bonds. The lowest BCUT2D eigenvalue weighted by Gasteiger charge is -2.06. The Bertz CT molecular complexity index is 580. The van der Waals surface area contributed by atoms with Crippen molar-refractivity contribution in [2.75, 3.05) is 6.61 Å². The standard InChI is InChI=1S/C10H11N5O3/c1-2-18-10(17)14-13-9(16)6-3-4-7-8(5-6)12-15-11-7/h3-5H,2H2,1H3,(H,13,16)(H,14,17)(H,11,12,15). The van der Waals surface area contributed by atoms with E-state index in [0.29, 0.717) is 16.6 Å². The highest BCUT2D eigenvalue weighted by atomic mass is 16.5. The maximum absolute atomic E-state index is 11.7. The Hall–Kier alpha value is -2.64. The highest BCUT2D eigenvalue weighted by Gasteiger charge is 2.09. The summed E-state index contributed by atoms with van der Waals surface area (Å²) in [6.07, 6.45) is -0.714. The van der Waals surface area contributed by atoms with Gasteiger partial charge in [-0.15, -0.1) is 0 Å². The maximum Gasteiger partial charge on any atom is 0.426 e. The molecular weight excluding hydrogens is 238 g/mol. The van der Waals surface area contributed by atoms with E-state index in [4.69, 9.17) is 0 Å². The number of ether oxygens (including phenoxy) is 1. The number of aromatic nitrogens is 3. The molecule has 1 heterocycles. The van der Waals surface area contributed by atoms with Crippen molar-refractivity contribution < 1.29 is 14.3 Å². The van der Waals surface area contributed by atoms with Crippen LogP contribution in [0.2, 0.25) is 0 Å². The fourth-order valence-corrected chi connectivity index (χ4v) is 1.33. The predicted octanol–water partition coefficient (Wildman–Crippen LogP) is 0.349. The van der Waals surface area contributed by atoms with Gasteiger partial charge in [0.05, 0.1) is 6.61 Å². The molecular formula is C10H11N5O3. The number of amides is 2. The lowest BCUT2D eigenvalue weighted by atomic mass is 10.2. The molecule has 1 aromatic carbocycles. The number of hydrazine groups is 1. The van der Waals surface area contributed by atoms with Crippen LogP contribution < -0.4 is 10.9 Å². The number of H-pyrrole nitrogens is 1. The Morgan fingerprint density at radius 1 is 1.28 bits per heavy atom. The Balaban J connectivity index is 2.02. The van der Waals surface area contributed by atoms with E-state index >= 15 is 0 Å². The van der Waals surface area contributed by atoms with Crippen LogP contribution in [0.15, 0.2) is 18.2 Å². The SMILES string of the molecule is CCOC(=O)NNC(=O)c1ccc2n[nH]nc2c1. The van der Waals surface area contributed by atoms with E-state index in [1.165, 1.54) is 0 Å². The van der Waals surface area contributed by atoms with Crippen LogP contribution in [-0.4, -0.2) is 34.0 Å². The smallest absolute Gasteiger partial charge is 0.426 e. The van der Waals surface area contributed by atoms with Gasteiger partial charge in [0.1, 0.15) is 11.0 Å². The van der Waals surface area contributed by atoms with Gasteiger partial charge in [0.25, 0.3) is 5.91 Å². The van der Waals surface area contributed by atoms with Crippen molar-refractivity contribution in [3.8, 4) is 0 Å².